The Labute approximate surface area is 166 Å². The second-order valence-corrected chi connectivity index (χ2v) is 6.39. The van der Waals surface area contributed by atoms with E-state index in [1.54, 1.807) is 12.1 Å². The van der Waals surface area contributed by atoms with Crippen LogP contribution >= 0.6 is 0 Å². The molecule has 0 fully saturated rings. The van der Waals surface area contributed by atoms with Crippen molar-refractivity contribution in [3.8, 4) is 17.2 Å². The predicted molar refractivity (Wildman–Crippen MR) is 110 cm³/mol. The minimum absolute atomic E-state index is 0.194. The fraction of sp³-hybridized carbons (Fsp3) is 0.190. The van der Waals surface area contributed by atoms with Gasteiger partial charge in [0.2, 0.25) is 0 Å². The molecule has 0 aliphatic carbocycles. The molecule has 0 unspecified atom stereocenters. The largest absolute Gasteiger partial charge is 0.493 e. The first-order valence-electron chi connectivity index (χ1n) is 8.82. The van der Waals surface area contributed by atoms with Gasteiger partial charge in [0.1, 0.15) is 5.56 Å². The van der Waals surface area contributed by atoms with Gasteiger partial charge in [-0.1, -0.05) is 12.1 Å². The van der Waals surface area contributed by atoms with Gasteiger partial charge in [-0.3, -0.25) is 9.59 Å². The zero-order chi connectivity index (χ0) is 21.1. The van der Waals surface area contributed by atoms with E-state index in [1.807, 2.05) is 26.0 Å². The van der Waals surface area contributed by atoms with E-state index >= 15 is 0 Å². The Morgan fingerprint density at radius 1 is 1.03 bits per heavy atom. The third kappa shape index (κ3) is 3.77. The lowest BCUT2D eigenvalue weighted by atomic mass is 10.1. The third-order valence-corrected chi connectivity index (χ3v) is 4.70. The normalized spacial score (nSPS) is 10.5. The molecule has 8 nitrogen and oxygen atoms in total. The van der Waals surface area contributed by atoms with Crippen molar-refractivity contribution < 1.29 is 14.3 Å². The number of nitrogens with zero attached hydrogens (tertiary/aromatic N) is 1. The molecular formula is C21H21N3O5. The number of aromatic amines is 1. The summed E-state index contributed by atoms with van der Waals surface area (Å²) in [6.45, 7) is 3.80. The molecule has 0 saturated carbocycles. The van der Waals surface area contributed by atoms with Crippen molar-refractivity contribution in [3.63, 3.8) is 0 Å². The molecule has 8 heteroatoms. The van der Waals surface area contributed by atoms with Crippen molar-refractivity contribution in [1.82, 2.24) is 9.55 Å². The van der Waals surface area contributed by atoms with Crippen LogP contribution in [0, 0.1) is 13.8 Å². The van der Waals surface area contributed by atoms with Gasteiger partial charge >= 0.3 is 5.69 Å². The first-order valence-corrected chi connectivity index (χ1v) is 8.82. The van der Waals surface area contributed by atoms with Crippen LogP contribution in [0.25, 0.3) is 5.69 Å². The van der Waals surface area contributed by atoms with Crippen LogP contribution in [0.4, 0.5) is 5.69 Å². The van der Waals surface area contributed by atoms with Gasteiger partial charge in [-0.25, -0.2) is 9.36 Å². The SMILES string of the molecule is COc1ccc(-n2c(=O)[nH]cc(C(=O)Nc3cccc(C)c3C)c2=O)cc1OC. The highest BCUT2D eigenvalue weighted by Gasteiger charge is 2.18. The van der Waals surface area contributed by atoms with Gasteiger partial charge in [-0.05, 0) is 43.2 Å². The summed E-state index contributed by atoms with van der Waals surface area (Å²) >= 11 is 0. The highest BCUT2D eigenvalue weighted by Crippen LogP contribution is 2.28. The van der Waals surface area contributed by atoms with E-state index in [2.05, 4.69) is 10.3 Å². The molecule has 0 spiro atoms. The van der Waals surface area contributed by atoms with E-state index in [1.165, 1.54) is 26.4 Å². The summed E-state index contributed by atoms with van der Waals surface area (Å²) < 4.78 is 11.3. The molecule has 0 aliphatic heterocycles. The van der Waals surface area contributed by atoms with Crippen molar-refractivity contribution in [2.75, 3.05) is 19.5 Å². The van der Waals surface area contributed by atoms with Gasteiger partial charge in [0.05, 0.1) is 19.9 Å². The zero-order valence-corrected chi connectivity index (χ0v) is 16.5. The van der Waals surface area contributed by atoms with E-state index in [0.717, 1.165) is 21.9 Å². The van der Waals surface area contributed by atoms with Crippen molar-refractivity contribution in [2.24, 2.45) is 0 Å². The van der Waals surface area contributed by atoms with Crippen LogP contribution in [0.1, 0.15) is 21.5 Å². The van der Waals surface area contributed by atoms with Crippen molar-refractivity contribution in [2.45, 2.75) is 13.8 Å². The van der Waals surface area contributed by atoms with Crippen LogP contribution in [0.5, 0.6) is 11.5 Å². The van der Waals surface area contributed by atoms with E-state index in [0.29, 0.717) is 17.2 Å². The van der Waals surface area contributed by atoms with E-state index < -0.39 is 17.2 Å². The first-order chi connectivity index (χ1) is 13.9. The van der Waals surface area contributed by atoms with E-state index in [-0.39, 0.29) is 11.3 Å². The first kappa shape index (κ1) is 19.9. The minimum atomic E-state index is -0.747. The van der Waals surface area contributed by atoms with Crippen LogP contribution in [0.3, 0.4) is 0 Å². The molecule has 2 aromatic carbocycles. The number of anilines is 1. The number of carbonyl (C=O) groups is 1. The van der Waals surface area contributed by atoms with Gasteiger partial charge in [0.25, 0.3) is 11.5 Å². The van der Waals surface area contributed by atoms with Gasteiger partial charge in [-0.2, -0.15) is 0 Å². The maximum atomic E-state index is 12.9. The monoisotopic (exact) mass is 395 g/mol. The Bertz CT molecular complexity index is 1190. The smallest absolute Gasteiger partial charge is 0.333 e. The Hall–Kier alpha value is -3.81. The fourth-order valence-corrected chi connectivity index (χ4v) is 2.91. The Balaban J connectivity index is 2.06. The maximum Gasteiger partial charge on any atom is 0.333 e. The van der Waals surface area contributed by atoms with Gasteiger partial charge in [-0.15, -0.1) is 0 Å². The Kier molecular flexibility index (Phi) is 5.54. The zero-order valence-electron chi connectivity index (χ0n) is 16.5. The molecule has 3 aromatic rings. The lowest BCUT2D eigenvalue weighted by Gasteiger charge is -2.12. The van der Waals surface area contributed by atoms with E-state index in [9.17, 15) is 14.4 Å². The molecule has 1 aromatic heterocycles. The number of hydrogen-bond donors (Lipinski definition) is 2. The minimum Gasteiger partial charge on any atom is -0.493 e. The number of carbonyl (C=O) groups excluding carboxylic acids is 1. The third-order valence-electron chi connectivity index (χ3n) is 4.70. The topological polar surface area (TPSA) is 102 Å². The summed E-state index contributed by atoms with van der Waals surface area (Å²) in [5.74, 6) is 0.181. The van der Waals surface area contributed by atoms with E-state index in [4.69, 9.17) is 9.47 Å². The Morgan fingerprint density at radius 3 is 2.45 bits per heavy atom. The van der Waals surface area contributed by atoms with Gasteiger partial charge < -0.3 is 19.8 Å². The van der Waals surface area contributed by atoms with Crippen LogP contribution < -0.4 is 26.0 Å². The fourth-order valence-electron chi connectivity index (χ4n) is 2.91. The molecule has 3 rings (SSSR count). The van der Waals surface area contributed by atoms with Crippen molar-refractivity contribution in [1.29, 1.82) is 0 Å². The number of hydrogen-bond acceptors (Lipinski definition) is 5. The lowest BCUT2D eigenvalue weighted by Crippen LogP contribution is -2.38. The number of methoxy groups -OCH3 is 2. The van der Waals surface area contributed by atoms with Gasteiger partial charge in [0.15, 0.2) is 11.5 Å². The van der Waals surface area contributed by atoms with Crippen LogP contribution in [0.15, 0.2) is 52.2 Å². The second-order valence-electron chi connectivity index (χ2n) is 6.39. The summed E-state index contributed by atoms with van der Waals surface area (Å²) in [5.41, 5.74) is 1.13. The molecular weight excluding hydrogens is 374 g/mol. The standard InChI is InChI=1S/C21H21N3O5/c1-12-6-5-7-16(13(12)2)23-19(25)15-11-22-21(27)24(20(15)26)14-8-9-17(28-3)18(10-14)29-4/h5-11H,1-4H3,(H,22,27)(H,23,25). The average Bonchev–Trinajstić information content (AvgIpc) is 2.71. The van der Waals surface area contributed by atoms with Crippen LogP contribution in [-0.2, 0) is 0 Å². The molecule has 29 heavy (non-hydrogen) atoms. The van der Waals surface area contributed by atoms with Crippen LogP contribution in [-0.4, -0.2) is 29.7 Å². The number of aromatic nitrogens is 2. The van der Waals surface area contributed by atoms with Crippen LogP contribution in [0.2, 0.25) is 0 Å². The number of ether oxygens (including phenoxy) is 2. The Morgan fingerprint density at radius 2 is 1.76 bits per heavy atom. The number of amides is 1. The summed E-state index contributed by atoms with van der Waals surface area (Å²) in [7, 11) is 2.93. The average molecular weight is 395 g/mol. The number of H-pyrrole nitrogens is 1. The van der Waals surface area contributed by atoms with Crippen molar-refractivity contribution in [3.05, 3.63) is 80.1 Å². The number of nitrogens with one attached hydrogen (secondary N) is 2. The highest BCUT2D eigenvalue weighted by molar-refractivity contribution is 6.04. The summed E-state index contributed by atoms with van der Waals surface area (Å²) in [6, 6.07) is 10.1. The second kappa shape index (κ2) is 8.05. The molecule has 2 N–H and O–H groups in total. The number of benzene rings is 2. The number of rotatable bonds is 5. The molecule has 1 heterocycles. The van der Waals surface area contributed by atoms with Gasteiger partial charge in [0, 0.05) is 18.0 Å². The molecule has 150 valence electrons. The summed E-state index contributed by atoms with van der Waals surface area (Å²) in [5, 5.41) is 2.73. The molecule has 0 radical (unpaired) electrons. The molecule has 0 atom stereocenters. The highest BCUT2D eigenvalue weighted by atomic mass is 16.5. The molecule has 1 amide bonds. The predicted octanol–water partition coefficient (Wildman–Crippen LogP) is 2.41. The quantitative estimate of drug-likeness (QED) is 0.691. The lowest BCUT2D eigenvalue weighted by molar-refractivity contribution is 0.102. The summed E-state index contributed by atoms with van der Waals surface area (Å²) in [6.07, 6.45) is 1.11. The maximum absolute atomic E-state index is 12.9. The molecule has 0 saturated heterocycles. The van der Waals surface area contributed by atoms with Crippen molar-refractivity contribution >= 4 is 11.6 Å². The summed E-state index contributed by atoms with van der Waals surface area (Å²) in [4.78, 5) is 40.4. The molecule has 0 aliphatic rings. The molecule has 0 bridgehead atoms. The number of aryl methyl sites for hydroxylation is 1.